The van der Waals surface area contributed by atoms with Gasteiger partial charge >= 0.3 is 0 Å². The molecule has 1 rings (SSSR count). The SMILES string of the molecule is C=C(C)C(NC)c1cc(Br)ccc1Br. The molecule has 0 heterocycles. The topological polar surface area (TPSA) is 12.0 Å². The first-order valence-corrected chi connectivity index (χ1v) is 5.92. The minimum Gasteiger partial charge on any atom is -0.310 e. The molecule has 14 heavy (non-hydrogen) atoms. The smallest absolute Gasteiger partial charge is 0.0539 e. The second kappa shape index (κ2) is 5.10. The summed E-state index contributed by atoms with van der Waals surface area (Å²) in [6.07, 6.45) is 0. The summed E-state index contributed by atoms with van der Waals surface area (Å²) >= 11 is 7.00. The van der Waals surface area contributed by atoms with Crippen molar-refractivity contribution in [3.63, 3.8) is 0 Å². The second-order valence-electron chi connectivity index (χ2n) is 3.23. The third kappa shape index (κ3) is 2.69. The van der Waals surface area contributed by atoms with Gasteiger partial charge in [0.2, 0.25) is 0 Å². The van der Waals surface area contributed by atoms with Gasteiger partial charge in [0.15, 0.2) is 0 Å². The molecule has 0 fully saturated rings. The molecule has 1 unspecified atom stereocenters. The molecule has 3 heteroatoms. The van der Waals surface area contributed by atoms with Crippen LogP contribution < -0.4 is 5.32 Å². The summed E-state index contributed by atoms with van der Waals surface area (Å²) in [7, 11) is 1.94. The third-order valence-electron chi connectivity index (χ3n) is 2.05. The van der Waals surface area contributed by atoms with Crippen LogP contribution in [0.15, 0.2) is 39.3 Å². The average molecular weight is 319 g/mol. The number of benzene rings is 1. The summed E-state index contributed by atoms with van der Waals surface area (Å²) in [6.45, 7) is 6.00. The van der Waals surface area contributed by atoms with Crippen molar-refractivity contribution in [3.8, 4) is 0 Å². The van der Waals surface area contributed by atoms with Gasteiger partial charge in [0.05, 0.1) is 6.04 Å². The number of hydrogen-bond donors (Lipinski definition) is 1. The van der Waals surface area contributed by atoms with E-state index in [0.717, 1.165) is 14.5 Å². The van der Waals surface area contributed by atoms with E-state index in [1.807, 2.05) is 26.1 Å². The molecule has 1 nitrogen and oxygen atoms in total. The predicted octanol–water partition coefficient (Wildman–Crippen LogP) is 4.05. The quantitative estimate of drug-likeness (QED) is 0.829. The Morgan fingerprint density at radius 3 is 2.57 bits per heavy atom. The normalized spacial score (nSPS) is 12.6. The Morgan fingerprint density at radius 1 is 1.43 bits per heavy atom. The van der Waals surface area contributed by atoms with Gasteiger partial charge in [-0.3, -0.25) is 0 Å². The molecule has 0 aromatic heterocycles. The maximum Gasteiger partial charge on any atom is 0.0539 e. The fraction of sp³-hybridized carbons (Fsp3) is 0.273. The van der Waals surface area contributed by atoms with E-state index in [9.17, 15) is 0 Å². The highest BCUT2D eigenvalue weighted by Gasteiger charge is 2.13. The average Bonchev–Trinajstić information content (AvgIpc) is 2.11. The van der Waals surface area contributed by atoms with Crippen molar-refractivity contribution in [1.82, 2.24) is 5.32 Å². The van der Waals surface area contributed by atoms with Crippen molar-refractivity contribution >= 4 is 31.9 Å². The van der Waals surface area contributed by atoms with Crippen LogP contribution >= 0.6 is 31.9 Å². The first-order valence-electron chi connectivity index (χ1n) is 4.34. The van der Waals surface area contributed by atoms with Crippen molar-refractivity contribution in [1.29, 1.82) is 0 Å². The standard InChI is InChI=1S/C11H13Br2N/c1-7(2)11(14-3)9-6-8(12)4-5-10(9)13/h4-6,11,14H,1H2,2-3H3. The molecular formula is C11H13Br2N. The summed E-state index contributed by atoms with van der Waals surface area (Å²) < 4.78 is 2.18. The van der Waals surface area contributed by atoms with Crippen molar-refractivity contribution in [2.45, 2.75) is 13.0 Å². The first kappa shape index (κ1) is 12.0. The molecule has 76 valence electrons. The Hall–Kier alpha value is -0.120. The van der Waals surface area contributed by atoms with Crippen LogP contribution in [0.4, 0.5) is 0 Å². The molecule has 0 aliphatic heterocycles. The lowest BCUT2D eigenvalue weighted by Crippen LogP contribution is -2.17. The van der Waals surface area contributed by atoms with Gasteiger partial charge in [-0.1, -0.05) is 44.0 Å². The Kier molecular flexibility index (Phi) is 4.35. The van der Waals surface area contributed by atoms with Gasteiger partial charge < -0.3 is 5.32 Å². The lowest BCUT2D eigenvalue weighted by Gasteiger charge is -2.18. The van der Waals surface area contributed by atoms with Gasteiger partial charge in [-0.2, -0.15) is 0 Å². The van der Waals surface area contributed by atoms with Crippen molar-refractivity contribution in [2.75, 3.05) is 7.05 Å². The number of halogens is 2. The third-order valence-corrected chi connectivity index (χ3v) is 3.27. The zero-order valence-electron chi connectivity index (χ0n) is 8.27. The highest BCUT2D eigenvalue weighted by molar-refractivity contribution is 9.11. The van der Waals surface area contributed by atoms with Crippen LogP contribution in [0.1, 0.15) is 18.5 Å². The molecule has 0 radical (unpaired) electrons. The Balaban J connectivity index is 3.15. The van der Waals surface area contributed by atoms with Crippen LogP contribution in [0.3, 0.4) is 0 Å². The summed E-state index contributed by atoms with van der Waals surface area (Å²) in [5.41, 5.74) is 2.31. The van der Waals surface area contributed by atoms with Gasteiger partial charge in [0.25, 0.3) is 0 Å². The maximum absolute atomic E-state index is 3.97. The Bertz CT molecular complexity index is 347. The van der Waals surface area contributed by atoms with E-state index in [1.54, 1.807) is 0 Å². The fourth-order valence-corrected chi connectivity index (χ4v) is 2.26. The summed E-state index contributed by atoms with van der Waals surface area (Å²) in [6, 6.07) is 6.34. The van der Waals surface area contributed by atoms with Gasteiger partial charge in [0.1, 0.15) is 0 Å². The molecular weight excluding hydrogens is 306 g/mol. The molecule has 0 saturated carbocycles. The molecule has 0 aliphatic rings. The zero-order chi connectivity index (χ0) is 10.7. The van der Waals surface area contributed by atoms with Gasteiger partial charge in [-0.25, -0.2) is 0 Å². The molecule has 1 aromatic carbocycles. The molecule has 0 bridgehead atoms. The molecule has 0 amide bonds. The zero-order valence-corrected chi connectivity index (χ0v) is 11.4. The lowest BCUT2D eigenvalue weighted by molar-refractivity contribution is 0.676. The van der Waals surface area contributed by atoms with Crippen LogP contribution in [0.2, 0.25) is 0 Å². The largest absolute Gasteiger partial charge is 0.310 e. The van der Waals surface area contributed by atoms with Crippen molar-refractivity contribution in [2.24, 2.45) is 0 Å². The highest BCUT2D eigenvalue weighted by Crippen LogP contribution is 2.29. The number of rotatable bonds is 3. The molecule has 0 aliphatic carbocycles. The molecule has 1 N–H and O–H groups in total. The van der Waals surface area contributed by atoms with E-state index in [1.165, 1.54) is 5.56 Å². The fourth-order valence-electron chi connectivity index (χ4n) is 1.40. The minimum atomic E-state index is 0.196. The maximum atomic E-state index is 3.97. The van der Waals surface area contributed by atoms with Crippen LogP contribution in [0, 0.1) is 0 Å². The van der Waals surface area contributed by atoms with E-state index >= 15 is 0 Å². The van der Waals surface area contributed by atoms with Crippen molar-refractivity contribution in [3.05, 3.63) is 44.9 Å². The Morgan fingerprint density at radius 2 is 2.07 bits per heavy atom. The molecule has 1 atom stereocenters. The van der Waals surface area contributed by atoms with Crippen LogP contribution in [-0.4, -0.2) is 7.05 Å². The molecule has 1 aromatic rings. The Labute approximate surface area is 102 Å². The van der Waals surface area contributed by atoms with E-state index in [2.05, 4.69) is 49.8 Å². The van der Waals surface area contributed by atoms with Crippen LogP contribution in [-0.2, 0) is 0 Å². The van der Waals surface area contributed by atoms with E-state index in [4.69, 9.17) is 0 Å². The number of nitrogens with one attached hydrogen (secondary N) is 1. The van der Waals surface area contributed by atoms with Crippen LogP contribution in [0.25, 0.3) is 0 Å². The number of likely N-dealkylation sites (N-methyl/N-ethyl adjacent to an activating group) is 1. The predicted molar refractivity (Wildman–Crippen MR) is 68.5 cm³/mol. The van der Waals surface area contributed by atoms with Crippen molar-refractivity contribution < 1.29 is 0 Å². The van der Waals surface area contributed by atoms with E-state index < -0.39 is 0 Å². The summed E-state index contributed by atoms with van der Waals surface area (Å²) in [5, 5.41) is 3.24. The van der Waals surface area contributed by atoms with Gasteiger partial charge in [0, 0.05) is 8.95 Å². The van der Waals surface area contributed by atoms with E-state index in [-0.39, 0.29) is 6.04 Å². The summed E-state index contributed by atoms with van der Waals surface area (Å²) in [4.78, 5) is 0. The molecule has 0 spiro atoms. The molecule has 0 saturated heterocycles. The number of hydrogen-bond acceptors (Lipinski definition) is 1. The minimum absolute atomic E-state index is 0.196. The second-order valence-corrected chi connectivity index (χ2v) is 5.00. The van der Waals surface area contributed by atoms with E-state index in [0.29, 0.717) is 0 Å². The van der Waals surface area contributed by atoms with Gasteiger partial charge in [-0.05, 0) is 37.7 Å². The van der Waals surface area contributed by atoms with Crippen LogP contribution in [0.5, 0.6) is 0 Å². The van der Waals surface area contributed by atoms with Gasteiger partial charge in [-0.15, -0.1) is 0 Å². The summed E-state index contributed by atoms with van der Waals surface area (Å²) in [5.74, 6) is 0. The first-order chi connectivity index (χ1) is 6.56. The highest BCUT2D eigenvalue weighted by atomic mass is 79.9. The monoisotopic (exact) mass is 317 g/mol. The lowest BCUT2D eigenvalue weighted by atomic mass is 10.0.